The summed E-state index contributed by atoms with van der Waals surface area (Å²) < 4.78 is 32.7. The van der Waals surface area contributed by atoms with Crippen LogP contribution in [-0.4, -0.2) is 38.2 Å². The lowest BCUT2D eigenvalue weighted by atomic mass is 10.2. The summed E-state index contributed by atoms with van der Waals surface area (Å²) in [6.07, 6.45) is 1.37. The SMILES string of the molecule is O=C(O)COc1ccc(/C=N\NC(=O)c2ccccc2NS(=O)(=O)c2ccc(Cl)cc2)cc1. The Morgan fingerprint density at radius 3 is 2.33 bits per heavy atom. The maximum Gasteiger partial charge on any atom is 0.341 e. The van der Waals surface area contributed by atoms with Crippen LogP contribution >= 0.6 is 11.6 Å². The zero-order valence-electron chi connectivity index (χ0n) is 16.9. The molecule has 0 bridgehead atoms. The van der Waals surface area contributed by atoms with Crippen LogP contribution in [0.2, 0.25) is 5.02 Å². The van der Waals surface area contributed by atoms with Gasteiger partial charge in [-0.1, -0.05) is 23.7 Å². The van der Waals surface area contributed by atoms with Crippen molar-refractivity contribution in [2.45, 2.75) is 4.90 Å². The molecule has 3 N–H and O–H groups in total. The summed E-state index contributed by atoms with van der Waals surface area (Å²) in [5.74, 6) is -1.33. The van der Waals surface area contributed by atoms with E-state index < -0.39 is 28.5 Å². The van der Waals surface area contributed by atoms with Crippen LogP contribution in [0, 0.1) is 0 Å². The predicted molar refractivity (Wildman–Crippen MR) is 123 cm³/mol. The van der Waals surface area contributed by atoms with Gasteiger partial charge in [0, 0.05) is 5.02 Å². The van der Waals surface area contributed by atoms with E-state index in [0.29, 0.717) is 16.3 Å². The highest BCUT2D eigenvalue weighted by atomic mass is 35.5. The number of ether oxygens (including phenoxy) is 1. The second-order valence-corrected chi connectivity index (χ2v) is 8.67. The fraction of sp³-hybridized carbons (Fsp3) is 0.0455. The highest BCUT2D eigenvalue weighted by Crippen LogP contribution is 2.21. The molecule has 1 amide bonds. The summed E-state index contributed by atoms with van der Waals surface area (Å²) in [4.78, 5) is 23.1. The van der Waals surface area contributed by atoms with Crippen LogP contribution in [-0.2, 0) is 14.8 Å². The molecule has 170 valence electrons. The number of nitrogens with one attached hydrogen (secondary N) is 2. The molecule has 0 atom stereocenters. The van der Waals surface area contributed by atoms with E-state index in [1.165, 1.54) is 42.6 Å². The number of hydrogen-bond donors (Lipinski definition) is 3. The van der Waals surface area contributed by atoms with E-state index in [9.17, 15) is 18.0 Å². The van der Waals surface area contributed by atoms with E-state index in [1.807, 2.05) is 0 Å². The van der Waals surface area contributed by atoms with Crippen LogP contribution in [0.1, 0.15) is 15.9 Å². The fourth-order valence-electron chi connectivity index (χ4n) is 2.61. The zero-order valence-corrected chi connectivity index (χ0v) is 18.5. The maximum absolute atomic E-state index is 12.6. The Morgan fingerprint density at radius 1 is 1.00 bits per heavy atom. The Labute approximate surface area is 194 Å². The van der Waals surface area contributed by atoms with Gasteiger partial charge in [0.1, 0.15) is 5.75 Å². The third-order valence-corrected chi connectivity index (χ3v) is 5.80. The normalized spacial score (nSPS) is 11.2. The van der Waals surface area contributed by atoms with Crippen LogP contribution in [0.25, 0.3) is 0 Å². The van der Waals surface area contributed by atoms with Gasteiger partial charge in [0.2, 0.25) is 0 Å². The summed E-state index contributed by atoms with van der Waals surface area (Å²) in [6, 6.07) is 18.1. The lowest BCUT2D eigenvalue weighted by Gasteiger charge is -2.11. The van der Waals surface area contributed by atoms with Gasteiger partial charge in [0.25, 0.3) is 15.9 Å². The number of amides is 1. The minimum Gasteiger partial charge on any atom is -0.482 e. The number of hydrazone groups is 1. The average Bonchev–Trinajstić information content (AvgIpc) is 2.79. The van der Waals surface area contributed by atoms with E-state index in [1.54, 1.807) is 36.4 Å². The first-order valence-corrected chi connectivity index (χ1v) is 11.3. The first-order chi connectivity index (χ1) is 15.7. The number of rotatable bonds is 9. The fourth-order valence-corrected chi connectivity index (χ4v) is 3.81. The molecule has 0 heterocycles. The van der Waals surface area contributed by atoms with Crippen LogP contribution in [0.5, 0.6) is 5.75 Å². The van der Waals surface area contributed by atoms with Gasteiger partial charge in [0.05, 0.1) is 22.4 Å². The van der Waals surface area contributed by atoms with Crippen LogP contribution in [0.15, 0.2) is 82.8 Å². The maximum atomic E-state index is 12.6. The number of carbonyl (C=O) groups excluding carboxylic acids is 1. The quantitative estimate of drug-likeness (QED) is 0.313. The minimum atomic E-state index is -3.94. The van der Waals surface area contributed by atoms with Crippen LogP contribution < -0.4 is 14.9 Å². The van der Waals surface area contributed by atoms with Gasteiger partial charge in [-0.2, -0.15) is 5.10 Å². The van der Waals surface area contributed by atoms with Crippen molar-refractivity contribution in [3.63, 3.8) is 0 Å². The summed E-state index contributed by atoms with van der Waals surface area (Å²) >= 11 is 5.81. The predicted octanol–water partition coefficient (Wildman–Crippen LogP) is 3.37. The van der Waals surface area contributed by atoms with E-state index in [2.05, 4.69) is 15.2 Å². The molecule has 0 spiro atoms. The smallest absolute Gasteiger partial charge is 0.341 e. The molecule has 33 heavy (non-hydrogen) atoms. The van der Waals surface area contributed by atoms with Crippen molar-refractivity contribution in [2.24, 2.45) is 5.10 Å². The third kappa shape index (κ3) is 6.79. The lowest BCUT2D eigenvalue weighted by molar-refractivity contribution is -0.139. The van der Waals surface area contributed by atoms with Gasteiger partial charge in [-0.25, -0.2) is 18.6 Å². The number of anilines is 1. The van der Waals surface area contributed by atoms with E-state index in [-0.39, 0.29) is 16.1 Å². The number of carbonyl (C=O) groups is 2. The van der Waals surface area contributed by atoms with Gasteiger partial charge in [-0.3, -0.25) is 9.52 Å². The molecule has 0 saturated carbocycles. The van der Waals surface area contributed by atoms with E-state index in [0.717, 1.165) is 0 Å². The van der Waals surface area contributed by atoms with Gasteiger partial charge in [-0.15, -0.1) is 0 Å². The van der Waals surface area contributed by atoms with Crippen molar-refractivity contribution < 1.29 is 27.9 Å². The molecule has 11 heteroatoms. The highest BCUT2D eigenvalue weighted by Gasteiger charge is 2.18. The Balaban J connectivity index is 1.67. The molecule has 0 aliphatic heterocycles. The highest BCUT2D eigenvalue weighted by molar-refractivity contribution is 7.92. The number of benzene rings is 3. The molecule has 0 fully saturated rings. The molecule has 0 aliphatic carbocycles. The first kappa shape index (κ1) is 23.8. The van der Waals surface area contributed by atoms with Crippen molar-refractivity contribution in [3.8, 4) is 5.75 Å². The second-order valence-electron chi connectivity index (χ2n) is 6.56. The Bertz CT molecular complexity index is 1280. The number of carboxylic acids is 1. The summed E-state index contributed by atoms with van der Waals surface area (Å²) in [5.41, 5.74) is 3.12. The summed E-state index contributed by atoms with van der Waals surface area (Å²) in [6.45, 7) is -0.454. The topological polar surface area (TPSA) is 134 Å². The number of sulfonamides is 1. The standard InChI is InChI=1S/C22H18ClN3O6S/c23-16-7-11-18(12-8-16)33(30,31)26-20-4-2-1-3-19(20)22(29)25-24-13-15-5-9-17(10-6-15)32-14-21(27)28/h1-13,26H,14H2,(H,25,29)(H,27,28)/b24-13-. The Morgan fingerprint density at radius 2 is 1.67 bits per heavy atom. The molecular formula is C22H18ClN3O6S. The van der Waals surface area contributed by atoms with Crippen LogP contribution in [0.4, 0.5) is 5.69 Å². The number of nitrogens with zero attached hydrogens (tertiary/aromatic N) is 1. The molecule has 3 aromatic rings. The minimum absolute atomic E-state index is 0.00378. The number of halogens is 1. The van der Waals surface area contributed by atoms with Crippen molar-refractivity contribution in [1.82, 2.24) is 5.43 Å². The third-order valence-electron chi connectivity index (χ3n) is 4.16. The molecule has 3 rings (SSSR count). The molecule has 0 radical (unpaired) electrons. The zero-order chi connectivity index (χ0) is 23.8. The lowest BCUT2D eigenvalue weighted by Crippen LogP contribution is -2.21. The second kappa shape index (κ2) is 10.6. The molecule has 0 aromatic heterocycles. The van der Waals surface area contributed by atoms with Crippen molar-refractivity contribution in [2.75, 3.05) is 11.3 Å². The number of aliphatic carboxylic acids is 1. The monoisotopic (exact) mass is 487 g/mol. The van der Waals surface area contributed by atoms with Crippen molar-refractivity contribution in [1.29, 1.82) is 0 Å². The van der Waals surface area contributed by atoms with Crippen molar-refractivity contribution in [3.05, 3.63) is 88.9 Å². The van der Waals surface area contributed by atoms with Gasteiger partial charge in [-0.05, 0) is 66.2 Å². The summed E-state index contributed by atoms with van der Waals surface area (Å²) in [7, 11) is -3.94. The Hall–Kier alpha value is -3.89. The van der Waals surface area contributed by atoms with Gasteiger partial charge in [0.15, 0.2) is 6.61 Å². The molecule has 0 saturated heterocycles. The number of carboxylic acid groups (broad SMARTS) is 1. The van der Waals surface area contributed by atoms with Gasteiger partial charge < -0.3 is 9.84 Å². The van der Waals surface area contributed by atoms with Crippen LogP contribution in [0.3, 0.4) is 0 Å². The van der Waals surface area contributed by atoms with Crippen molar-refractivity contribution >= 4 is 45.4 Å². The number of para-hydroxylation sites is 1. The Kier molecular flexibility index (Phi) is 7.65. The molecule has 3 aromatic carbocycles. The first-order valence-electron chi connectivity index (χ1n) is 9.40. The molecule has 0 unspecified atom stereocenters. The van der Waals surface area contributed by atoms with E-state index in [4.69, 9.17) is 21.4 Å². The van der Waals surface area contributed by atoms with E-state index >= 15 is 0 Å². The average molecular weight is 488 g/mol. The number of hydrogen-bond acceptors (Lipinski definition) is 6. The largest absolute Gasteiger partial charge is 0.482 e. The molecule has 0 aliphatic rings. The molecule has 9 nitrogen and oxygen atoms in total. The summed E-state index contributed by atoms with van der Waals surface area (Å²) in [5, 5.41) is 12.9. The van der Waals surface area contributed by atoms with Gasteiger partial charge >= 0.3 is 5.97 Å². The molecular weight excluding hydrogens is 470 g/mol.